The largest absolute Gasteiger partial charge is 0.487 e. The number of aromatic nitrogens is 2. The van der Waals surface area contributed by atoms with Crippen molar-refractivity contribution >= 4 is 11.6 Å². The van der Waals surface area contributed by atoms with Crippen LogP contribution in [0.15, 0.2) is 24.3 Å². The van der Waals surface area contributed by atoms with Crippen molar-refractivity contribution in [3.63, 3.8) is 0 Å². The lowest BCUT2D eigenvalue weighted by Gasteiger charge is -2.07. The smallest absolute Gasteiger partial charge is 0.130 e. The topological polar surface area (TPSA) is 50.8 Å². The van der Waals surface area contributed by atoms with E-state index in [-0.39, 0.29) is 0 Å². The molecule has 1 aromatic heterocycles. The van der Waals surface area contributed by atoms with Crippen LogP contribution in [0.4, 0.5) is 0 Å². The molecule has 92 valence electrons. The van der Waals surface area contributed by atoms with Crippen molar-refractivity contribution < 1.29 is 4.74 Å². The van der Waals surface area contributed by atoms with Crippen LogP contribution >= 0.6 is 11.6 Å². The zero-order chi connectivity index (χ0) is 13.1. The summed E-state index contributed by atoms with van der Waals surface area (Å²) in [6.45, 7) is 2.35. The van der Waals surface area contributed by atoms with Crippen LogP contribution in [0, 0.1) is 18.3 Å². The molecule has 18 heavy (non-hydrogen) atoms. The minimum atomic E-state index is 0.399. The van der Waals surface area contributed by atoms with E-state index in [1.165, 1.54) is 0 Å². The Morgan fingerprint density at radius 3 is 2.78 bits per heavy atom. The van der Waals surface area contributed by atoms with Gasteiger partial charge in [0.1, 0.15) is 18.4 Å². The van der Waals surface area contributed by atoms with Gasteiger partial charge in [0.05, 0.1) is 22.0 Å². The van der Waals surface area contributed by atoms with Crippen molar-refractivity contribution in [2.45, 2.75) is 13.5 Å². The standard InChI is InChI=1S/C13H12ClN3O/c1-9-5-11(17(2)16-9)8-18-12-4-3-10(7-15)13(14)6-12/h3-6H,8H2,1-2H3. The van der Waals surface area contributed by atoms with E-state index in [1.54, 1.807) is 22.9 Å². The van der Waals surface area contributed by atoms with E-state index in [4.69, 9.17) is 21.6 Å². The van der Waals surface area contributed by atoms with E-state index in [9.17, 15) is 0 Å². The van der Waals surface area contributed by atoms with Gasteiger partial charge < -0.3 is 4.74 Å². The molecule has 1 aromatic carbocycles. The Kier molecular flexibility index (Phi) is 3.54. The molecule has 0 radical (unpaired) electrons. The second-order valence-corrected chi connectivity index (χ2v) is 4.35. The minimum Gasteiger partial charge on any atom is -0.487 e. The normalized spacial score (nSPS) is 10.1. The quantitative estimate of drug-likeness (QED) is 0.854. The fraction of sp³-hybridized carbons (Fsp3) is 0.231. The summed E-state index contributed by atoms with van der Waals surface area (Å²) >= 11 is 5.93. The zero-order valence-electron chi connectivity index (χ0n) is 10.1. The average Bonchev–Trinajstić information content (AvgIpc) is 2.65. The Morgan fingerprint density at radius 1 is 1.44 bits per heavy atom. The van der Waals surface area contributed by atoms with Crippen LogP contribution in [-0.2, 0) is 13.7 Å². The van der Waals surface area contributed by atoms with Crippen LogP contribution < -0.4 is 4.74 Å². The predicted octanol–water partition coefficient (Wildman–Crippen LogP) is 2.83. The van der Waals surface area contributed by atoms with Gasteiger partial charge in [0.2, 0.25) is 0 Å². The van der Waals surface area contributed by atoms with Gasteiger partial charge in [-0.2, -0.15) is 10.4 Å². The third kappa shape index (κ3) is 2.63. The first-order chi connectivity index (χ1) is 8.60. The van der Waals surface area contributed by atoms with E-state index < -0.39 is 0 Å². The summed E-state index contributed by atoms with van der Waals surface area (Å²) < 4.78 is 7.39. The molecule has 2 rings (SSSR count). The maximum Gasteiger partial charge on any atom is 0.130 e. The molecule has 0 amide bonds. The molecular formula is C13H12ClN3O. The first kappa shape index (κ1) is 12.5. The van der Waals surface area contributed by atoms with Crippen LogP contribution in [0.25, 0.3) is 0 Å². The second-order valence-electron chi connectivity index (χ2n) is 3.94. The predicted molar refractivity (Wildman–Crippen MR) is 68.4 cm³/mol. The molecule has 0 saturated carbocycles. The second kappa shape index (κ2) is 5.11. The van der Waals surface area contributed by atoms with E-state index >= 15 is 0 Å². The summed E-state index contributed by atoms with van der Waals surface area (Å²) in [5, 5.41) is 13.4. The minimum absolute atomic E-state index is 0.399. The third-order valence-electron chi connectivity index (χ3n) is 2.55. The number of hydrogen-bond acceptors (Lipinski definition) is 3. The van der Waals surface area contributed by atoms with Gasteiger partial charge >= 0.3 is 0 Å². The molecule has 0 aliphatic carbocycles. The first-order valence-electron chi connectivity index (χ1n) is 5.42. The van der Waals surface area contributed by atoms with Gasteiger partial charge in [-0.15, -0.1) is 0 Å². The summed E-state index contributed by atoms with van der Waals surface area (Å²) in [6.07, 6.45) is 0. The highest BCUT2D eigenvalue weighted by molar-refractivity contribution is 6.31. The zero-order valence-corrected chi connectivity index (χ0v) is 10.9. The molecule has 0 aliphatic rings. The van der Waals surface area contributed by atoms with Crippen LogP contribution in [-0.4, -0.2) is 9.78 Å². The van der Waals surface area contributed by atoms with Gasteiger partial charge in [-0.25, -0.2) is 0 Å². The van der Waals surface area contributed by atoms with Crippen LogP contribution in [0.1, 0.15) is 17.0 Å². The van der Waals surface area contributed by atoms with E-state index in [2.05, 4.69) is 5.10 Å². The lowest BCUT2D eigenvalue weighted by atomic mass is 10.2. The number of aryl methyl sites for hydroxylation is 2. The molecule has 1 heterocycles. The summed E-state index contributed by atoms with van der Waals surface area (Å²) in [4.78, 5) is 0. The monoisotopic (exact) mass is 261 g/mol. The summed E-state index contributed by atoms with van der Waals surface area (Å²) in [6, 6.07) is 8.99. The molecule has 0 atom stereocenters. The molecule has 5 heteroatoms. The molecule has 0 bridgehead atoms. The number of rotatable bonds is 3. The highest BCUT2D eigenvalue weighted by Crippen LogP contribution is 2.22. The van der Waals surface area contributed by atoms with Crippen LogP contribution in [0.2, 0.25) is 5.02 Å². The van der Waals surface area contributed by atoms with Crippen LogP contribution in [0.3, 0.4) is 0 Å². The van der Waals surface area contributed by atoms with Gasteiger partial charge in [0.15, 0.2) is 0 Å². The van der Waals surface area contributed by atoms with E-state index in [0.717, 1.165) is 11.4 Å². The number of nitriles is 1. The van der Waals surface area contributed by atoms with Crippen molar-refractivity contribution in [2.75, 3.05) is 0 Å². The molecule has 0 aliphatic heterocycles. The van der Waals surface area contributed by atoms with E-state index in [0.29, 0.717) is 22.9 Å². The first-order valence-corrected chi connectivity index (χ1v) is 5.80. The maximum absolute atomic E-state index is 8.77. The summed E-state index contributed by atoms with van der Waals surface area (Å²) in [5.74, 6) is 0.637. The van der Waals surface area contributed by atoms with Crippen molar-refractivity contribution in [1.29, 1.82) is 5.26 Å². The Morgan fingerprint density at radius 2 is 2.22 bits per heavy atom. The lowest BCUT2D eigenvalue weighted by molar-refractivity contribution is 0.295. The van der Waals surface area contributed by atoms with Crippen molar-refractivity contribution in [2.24, 2.45) is 7.05 Å². The van der Waals surface area contributed by atoms with Crippen LogP contribution in [0.5, 0.6) is 5.75 Å². The average molecular weight is 262 g/mol. The summed E-state index contributed by atoms with van der Waals surface area (Å²) in [5.41, 5.74) is 2.38. The van der Waals surface area contributed by atoms with Gasteiger partial charge in [0, 0.05) is 13.1 Å². The Bertz CT molecular complexity index is 613. The van der Waals surface area contributed by atoms with Gasteiger partial charge in [0.25, 0.3) is 0 Å². The third-order valence-corrected chi connectivity index (χ3v) is 2.86. The maximum atomic E-state index is 8.77. The molecule has 0 fully saturated rings. The number of halogens is 1. The number of ether oxygens (including phenoxy) is 1. The van der Waals surface area contributed by atoms with Gasteiger partial charge in [-0.05, 0) is 25.1 Å². The fourth-order valence-electron chi connectivity index (χ4n) is 1.63. The van der Waals surface area contributed by atoms with E-state index in [1.807, 2.05) is 26.1 Å². The Hall–Kier alpha value is -1.99. The Balaban J connectivity index is 2.09. The highest BCUT2D eigenvalue weighted by Gasteiger charge is 2.05. The molecule has 0 spiro atoms. The molecule has 0 N–H and O–H groups in total. The molecule has 0 unspecified atom stereocenters. The van der Waals surface area contributed by atoms with Gasteiger partial charge in [-0.1, -0.05) is 11.6 Å². The van der Waals surface area contributed by atoms with Gasteiger partial charge in [-0.3, -0.25) is 4.68 Å². The fourth-order valence-corrected chi connectivity index (χ4v) is 1.85. The Labute approximate surface area is 110 Å². The lowest BCUT2D eigenvalue weighted by Crippen LogP contribution is -2.03. The number of hydrogen-bond donors (Lipinski definition) is 0. The SMILES string of the molecule is Cc1cc(COc2ccc(C#N)c(Cl)c2)n(C)n1. The number of nitrogens with zero attached hydrogens (tertiary/aromatic N) is 3. The molecular weight excluding hydrogens is 250 g/mol. The molecule has 2 aromatic rings. The van der Waals surface area contributed by atoms with Crippen molar-refractivity contribution in [3.05, 3.63) is 46.2 Å². The van der Waals surface area contributed by atoms with Crippen molar-refractivity contribution in [1.82, 2.24) is 9.78 Å². The highest BCUT2D eigenvalue weighted by atomic mass is 35.5. The molecule has 0 saturated heterocycles. The molecule has 4 nitrogen and oxygen atoms in total. The number of benzene rings is 1. The summed E-state index contributed by atoms with van der Waals surface area (Å²) in [7, 11) is 1.87. The van der Waals surface area contributed by atoms with Crippen molar-refractivity contribution in [3.8, 4) is 11.8 Å².